The molecule has 0 spiro atoms. The van der Waals surface area contributed by atoms with Crippen molar-refractivity contribution >= 4 is 51.9 Å². The molecule has 4 rings (SSSR count). The number of amides is 1. The number of methoxy groups -OCH3 is 1. The summed E-state index contributed by atoms with van der Waals surface area (Å²) in [6.45, 7) is 2.60. The highest BCUT2D eigenvalue weighted by Crippen LogP contribution is 2.39. The second-order valence-corrected chi connectivity index (χ2v) is 9.93. The zero-order chi connectivity index (χ0) is 24.9. The van der Waals surface area contributed by atoms with Crippen LogP contribution in [0.25, 0.3) is 6.08 Å². The quantitative estimate of drug-likeness (QED) is 0.261. The molecule has 0 bridgehead atoms. The Balaban J connectivity index is 1.54. The van der Waals surface area contributed by atoms with Crippen LogP contribution in [0, 0.1) is 18.3 Å². The van der Waals surface area contributed by atoms with Crippen molar-refractivity contribution in [1.29, 1.82) is 5.26 Å². The van der Waals surface area contributed by atoms with Crippen molar-refractivity contribution in [3.8, 4) is 17.6 Å². The molecule has 3 aromatic rings. The largest absolute Gasteiger partial charge is 0.493 e. The van der Waals surface area contributed by atoms with Gasteiger partial charge in [-0.3, -0.25) is 9.69 Å². The van der Waals surface area contributed by atoms with Gasteiger partial charge in [0, 0.05) is 5.56 Å². The lowest BCUT2D eigenvalue weighted by molar-refractivity contribution is -0.122. The number of carbonyl (C=O) groups excluding carboxylic acids is 1. The fourth-order valence-corrected chi connectivity index (χ4v) is 5.06. The summed E-state index contributed by atoms with van der Waals surface area (Å²) in [6.07, 6.45) is 1.75. The van der Waals surface area contributed by atoms with Crippen molar-refractivity contribution in [2.45, 2.75) is 20.1 Å². The van der Waals surface area contributed by atoms with Crippen LogP contribution in [0.1, 0.15) is 27.8 Å². The Morgan fingerprint density at radius 2 is 1.91 bits per heavy atom. The van der Waals surface area contributed by atoms with E-state index in [9.17, 15) is 10.1 Å². The predicted octanol–water partition coefficient (Wildman–Crippen LogP) is 6.51. The average Bonchev–Trinajstić information content (AvgIpc) is 3.11. The van der Waals surface area contributed by atoms with Gasteiger partial charge in [-0.1, -0.05) is 83.6 Å². The molecule has 1 aliphatic heterocycles. The minimum absolute atomic E-state index is 0.149. The van der Waals surface area contributed by atoms with E-state index in [1.54, 1.807) is 35.2 Å². The van der Waals surface area contributed by atoms with E-state index < -0.39 is 0 Å². The van der Waals surface area contributed by atoms with E-state index in [-0.39, 0.29) is 12.5 Å². The van der Waals surface area contributed by atoms with Gasteiger partial charge in [-0.15, -0.1) is 0 Å². The van der Waals surface area contributed by atoms with Crippen molar-refractivity contribution in [1.82, 2.24) is 4.90 Å². The summed E-state index contributed by atoms with van der Waals surface area (Å²) >= 11 is 13.2. The molecule has 0 unspecified atom stereocenters. The van der Waals surface area contributed by atoms with E-state index in [2.05, 4.69) is 6.07 Å². The lowest BCUT2D eigenvalue weighted by atomic mass is 10.1. The summed E-state index contributed by atoms with van der Waals surface area (Å²) in [5.41, 5.74) is 4.14. The molecule has 8 heteroatoms. The third-order valence-corrected chi connectivity index (χ3v) is 7.05. The van der Waals surface area contributed by atoms with E-state index in [0.29, 0.717) is 43.4 Å². The van der Waals surface area contributed by atoms with Gasteiger partial charge in [0.05, 0.1) is 35.2 Å². The number of hydrogen-bond acceptors (Lipinski definition) is 6. The third-order valence-electron chi connectivity index (χ3n) is 5.39. The van der Waals surface area contributed by atoms with Gasteiger partial charge in [0.25, 0.3) is 5.91 Å². The lowest BCUT2D eigenvalue weighted by Crippen LogP contribution is -2.27. The molecule has 0 N–H and O–H groups in total. The van der Waals surface area contributed by atoms with Gasteiger partial charge < -0.3 is 9.47 Å². The smallest absolute Gasteiger partial charge is 0.266 e. The molecular formula is C27H21ClN2O3S2. The van der Waals surface area contributed by atoms with E-state index in [0.717, 1.165) is 16.7 Å². The maximum absolute atomic E-state index is 13.1. The van der Waals surface area contributed by atoms with E-state index in [4.69, 9.17) is 33.3 Å². The summed E-state index contributed by atoms with van der Waals surface area (Å²) in [5, 5.41) is 9.62. The van der Waals surface area contributed by atoms with Gasteiger partial charge in [0.15, 0.2) is 11.5 Å². The number of nitrogens with zero attached hydrogens (tertiary/aromatic N) is 2. The van der Waals surface area contributed by atoms with Crippen LogP contribution in [0.4, 0.5) is 0 Å². The van der Waals surface area contributed by atoms with Crippen LogP contribution in [-0.2, 0) is 17.9 Å². The van der Waals surface area contributed by atoms with Crippen molar-refractivity contribution < 1.29 is 14.3 Å². The number of nitriles is 1. The molecule has 1 heterocycles. The Kier molecular flexibility index (Phi) is 7.76. The first-order chi connectivity index (χ1) is 16.9. The second-order valence-electron chi connectivity index (χ2n) is 7.85. The molecule has 35 heavy (non-hydrogen) atoms. The number of hydrogen-bond donors (Lipinski definition) is 0. The molecule has 1 aliphatic rings. The summed E-state index contributed by atoms with van der Waals surface area (Å²) in [5.74, 6) is 0.642. The normalized spacial score (nSPS) is 14.3. The molecule has 0 radical (unpaired) electrons. The van der Waals surface area contributed by atoms with Crippen LogP contribution in [-0.4, -0.2) is 22.2 Å². The molecule has 1 amide bonds. The highest BCUT2D eigenvalue weighted by atomic mass is 35.5. The molecule has 0 aliphatic carbocycles. The fraction of sp³-hybridized carbons (Fsp3) is 0.148. The number of thiocarbonyl (C=S) groups is 1. The minimum atomic E-state index is -0.149. The second kappa shape index (κ2) is 11.0. The van der Waals surface area contributed by atoms with Crippen molar-refractivity contribution in [3.05, 3.63) is 98.4 Å². The van der Waals surface area contributed by atoms with Gasteiger partial charge in [-0.2, -0.15) is 5.26 Å². The maximum Gasteiger partial charge on any atom is 0.266 e. The molecule has 1 saturated heterocycles. The highest BCUT2D eigenvalue weighted by molar-refractivity contribution is 8.26. The molecule has 0 saturated carbocycles. The summed E-state index contributed by atoms with van der Waals surface area (Å²) in [4.78, 5) is 15.2. The Morgan fingerprint density at radius 1 is 1.17 bits per heavy atom. The van der Waals surface area contributed by atoms with E-state index in [1.165, 1.54) is 18.9 Å². The van der Waals surface area contributed by atoms with E-state index in [1.807, 2.05) is 43.3 Å². The van der Waals surface area contributed by atoms with Gasteiger partial charge in [0.2, 0.25) is 0 Å². The number of halogens is 1. The number of rotatable bonds is 7. The fourth-order valence-electron chi connectivity index (χ4n) is 3.53. The van der Waals surface area contributed by atoms with Crippen LogP contribution >= 0.6 is 35.6 Å². The number of ether oxygens (including phenoxy) is 2. The third kappa shape index (κ3) is 5.68. The lowest BCUT2D eigenvalue weighted by Gasteiger charge is -2.15. The molecule has 3 aromatic carbocycles. The van der Waals surface area contributed by atoms with Crippen molar-refractivity contribution in [2.24, 2.45) is 0 Å². The number of carbonyl (C=O) groups is 1. The van der Waals surface area contributed by atoms with Gasteiger partial charge >= 0.3 is 0 Å². The van der Waals surface area contributed by atoms with Gasteiger partial charge in [-0.05, 0) is 42.3 Å². The summed E-state index contributed by atoms with van der Waals surface area (Å²) in [6, 6.07) is 20.8. The molecule has 0 atom stereocenters. The topological polar surface area (TPSA) is 62.6 Å². The minimum Gasteiger partial charge on any atom is -0.493 e. The maximum atomic E-state index is 13.1. The molecule has 0 aromatic heterocycles. The summed E-state index contributed by atoms with van der Waals surface area (Å²) in [7, 11) is 1.52. The Bertz CT molecular complexity index is 1360. The average molecular weight is 521 g/mol. The first-order valence-electron chi connectivity index (χ1n) is 10.7. The van der Waals surface area contributed by atoms with Crippen LogP contribution in [0.15, 0.2) is 65.6 Å². The number of aryl methyl sites for hydroxylation is 1. The van der Waals surface area contributed by atoms with Crippen LogP contribution in [0.2, 0.25) is 5.02 Å². The van der Waals surface area contributed by atoms with Gasteiger partial charge in [0.1, 0.15) is 10.9 Å². The Morgan fingerprint density at radius 3 is 2.63 bits per heavy atom. The zero-order valence-corrected chi connectivity index (χ0v) is 21.5. The first kappa shape index (κ1) is 24.8. The van der Waals surface area contributed by atoms with Crippen molar-refractivity contribution in [2.75, 3.05) is 7.11 Å². The highest BCUT2D eigenvalue weighted by Gasteiger charge is 2.32. The van der Waals surface area contributed by atoms with E-state index >= 15 is 0 Å². The molecule has 5 nitrogen and oxygen atoms in total. The number of thioether (sulfide) groups is 1. The predicted molar refractivity (Wildman–Crippen MR) is 143 cm³/mol. The SMILES string of the molecule is COc1cc(/C=C2\SC(=S)N(Cc3ccc(C)cc3)C2=O)cc(Cl)c1OCc1ccccc1C#N. The molecule has 1 fully saturated rings. The Labute approximate surface area is 218 Å². The standard InChI is InChI=1S/C27H21ClN2O3S2/c1-17-7-9-18(10-8-17)15-30-26(31)24(35-27(30)34)13-19-11-22(28)25(23(12-19)32-2)33-16-21-6-4-3-5-20(21)14-29/h3-13H,15-16H2,1-2H3/b24-13-. The summed E-state index contributed by atoms with van der Waals surface area (Å²) < 4.78 is 11.9. The molecular weight excluding hydrogens is 500 g/mol. The van der Waals surface area contributed by atoms with Crippen molar-refractivity contribution in [3.63, 3.8) is 0 Å². The van der Waals surface area contributed by atoms with Crippen LogP contribution in [0.3, 0.4) is 0 Å². The first-order valence-corrected chi connectivity index (χ1v) is 12.3. The number of benzene rings is 3. The Hall–Kier alpha value is -3.31. The van der Waals surface area contributed by atoms with Crippen LogP contribution in [0.5, 0.6) is 11.5 Å². The van der Waals surface area contributed by atoms with Crippen LogP contribution < -0.4 is 9.47 Å². The monoisotopic (exact) mass is 520 g/mol. The molecule has 176 valence electrons. The zero-order valence-electron chi connectivity index (χ0n) is 19.1. The van der Waals surface area contributed by atoms with Gasteiger partial charge in [-0.25, -0.2) is 0 Å².